The van der Waals surface area contributed by atoms with Crippen molar-refractivity contribution in [3.05, 3.63) is 75.0 Å². The molecule has 1 N–H and O–H groups in total. The van der Waals surface area contributed by atoms with Crippen LogP contribution < -0.4 is 5.32 Å². The van der Waals surface area contributed by atoms with Crippen LogP contribution in [0.4, 0.5) is 0 Å². The van der Waals surface area contributed by atoms with E-state index in [2.05, 4.69) is 59.9 Å². The molecule has 3 aromatic rings. The zero-order valence-electron chi connectivity index (χ0n) is 13.7. The molecule has 5 rings (SSSR count). The summed E-state index contributed by atoms with van der Waals surface area (Å²) < 4.78 is 0. The van der Waals surface area contributed by atoms with Gasteiger partial charge in [-0.05, 0) is 65.9 Å². The number of benzene rings is 2. The van der Waals surface area contributed by atoms with Crippen molar-refractivity contribution < 1.29 is 0 Å². The molecular formula is C22H21NS. The van der Waals surface area contributed by atoms with Crippen molar-refractivity contribution in [3.63, 3.8) is 0 Å². The lowest BCUT2D eigenvalue weighted by Gasteiger charge is -2.14. The van der Waals surface area contributed by atoms with Crippen molar-refractivity contribution >= 4 is 28.2 Å². The Hall–Kier alpha value is -1.90. The molecule has 0 saturated heterocycles. The first-order chi connectivity index (χ1) is 11.9. The molecule has 1 aromatic heterocycles. The maximum Gasteiger partial charge on any atom is 0.0311 e. The second kappa shape index (κ2) is 5.87. The first-order valence-electron chi connectivity index (χ1n) is 8.90. The summed E-state index contributed by atoms with van der Waals surface area (Å²) in [5.74, 6) is 0.545. The molecule has 0 fully saturated rings. The van der Waals surface area contributed by atoms with Gasteiger partial charge in [-0.25, -0.2) is 0 Å². The van der Waals surface area contributed by atoms with Gasteiger partial charge in [-0.15, -0.1) is 11.3 Å². The van der Waals surface area contributed by atoms with E-state index in [4.69, 9.17) is 0 Å². The van der Waals surface area contributed by atoms with E-state index in [0.717, 1.165) is 19.5 Å². The molecule has 0 amide bonds. The number of nitrogens with one attached hydrogen (secondary N) is 1. The highest BCUT2D eigenvalue weighted by molar-refractivity contribution is 7.13. The highest BCUT2D eigenvalue weighted by atomic mass is 32.1. The quantitative estimate of drug-likeness (QED) is 0.701. The molecular weight excluding hydrogens is 310 g/mol. The Kier molecular flexibility index (Phi) is 3.53. The average Bonchev–Trinajstić information content (AvgIpc) is 3.07. The van der Waals surface area contributed by atoms with Crippen LogP contribution in [0.25, 0.3) is 16.8 Å². The second-order valence-electron chi connectivity index (χ2n) is 6.84. The molecule has 0 radical (unpaired) electrons. The number of hydrogen-bond acceptors (Lipinski definition) is 2. The zero-order chi connectivity index (χ0) is 15.9. The van der Waals surface area contributed by atoms with Gasteiger partial charge in [0.1, 0.15) is 0 Å². The van der Waals surface area contributed by atoms with Crippen LogP contribution in [0.15, 0.2) is 48.5 Å². The summed E-state index contributed by atoms with van der Waals surface area (Å²) in [5.41, 5.74) is 4.75. The predicted octanol–water partition coefficient (Wildman–Crippen LogP) is 4.94. The molecule has 2 heterocycles. The van der Waals surface area contributed by atoms with Gasteiger partial charge < -0.3 is 5.32 Å². The highest BCUT2D eigenvalue weighted by Crippen LogP contribution is 2.43. The van der Waals surface area contributed by atoms with E-state index in [1.54, 1.807) is 16.0 Å². The largest absolute Gasteiger partial charge is 0.316 e. The summed E-state index contributed by atoms with van der Waals surface area (Å²) in [4.78, 5) is 3.14. The van der Waals surface area contributed by atoms with Crippen LogP contribution in [0.2, 0.25) is 0 Å². The normalized spacial score (nSPS) is 19.2. The molecule has 120 valence electrons. The third-order valence-electron chi connectivity index (χ3n) is 5.41. The Balaban J connectivity index is 1.54. The molecule has 1 aliphatic carbocycles. The van der Waals surface area contributed by atoms with Crippen LogP contribution in [0.1, 0.15) is 32.4 Å². The second-order valence-corrected chi connectivity index (χ2v) is 7.98. The maximum absolute atomic E-state index is 3.55. The van der Waals surface area contributed by atoms with Crippen molar-refractivity contribution in [1.29, 1.82) is 0 Å². The highest BCUT2D eigenvalue weighted by Gasteiger charge is 2.27. The Morgan fingerprint density at radius 3 is 2.88 bits per heavy atom. The summed E-state index contributed by atoms with van der Waals surface area (Å²) in [6.07, 6.45) is 8.30. The molecule has 2 aliphatic rings. The molecule has 2 heteroatoms. The lowest BCUT2D eigenvalue weighted by Crippen LogP contribution is -2.16. The van der Waals surface area contributed by atoms with Gasteiger partial charge in [-0.2, -0.15) is 0 Å². The van der Waals surface area contributed by atoms with Crippen LogP contribution in [0.3, 0.4) is 0 Å². The molecule has 24 heavy (non-hydrogen) atoms. The predicted molar refractivity (Wildman–Crippen MR) is 104 cm³/mol. The van der Waals surface area contributed by atoms with Gasteiger partial charge in [0.2, 0.25) is 0 Å². The van der Waals surface area contributed by atoms with Gasteiger partial charge in [0.05, 0.1) is 0 Å². The summed E-state index contributed by atoms with van der Waals surface area (Å²) in [6.45, 7) is 2.25. The van der Waals surface area contributed by atoms with Crippen molar-refractivity contribution in [2.45, 2.75) is 25.2 Å². The number of thiophene rings is 1. The SMILES string of the molecule is C1=CC(Cc2cccc3ccccc23)c2c1sc1c2CCNCC1. The summed E-state index contributed by atoms with van der Waals surface area (Å²) in [7, 11) is 0. The molecule has 1 unspecified atom stereocenters. The molecule has 0 bridgehead atoms. The van der Waals surface area contributed by atoms with E-state index in [1.165, 1.54) is 34.1 Å². The van der Waals surface area contributed by atoms with Gasteiger partial charge in [0.15, 0.2) is 0 Å². The first-order valence-corrected chi connectivity index (χ1v) is 9.72. The van der Waals surface area contributed by atoms with Crippen LogP contribution in [0, 0.1) is 0 Å². The van der Waals surface area contributed by atoms with E-state index < -0.39 is 0 Å². The topological polar surface area (TPSA) is 12.0 Å². The van der Waals surface area contributed by atoms with Crippen LogP contribution in [-0.4, -0.2) is 13.1 Å². The molecule has 0 spiro atoms. The Morgan fingerprint density at radius 1 is 1.00 bits per heavy atom. The summed E-state index contributed by atoms with van der Waals surface area (Å²) in [6, 6.07) is 15.5. The van der Waals surface area contributed by atoms with E-state index >= 15 is 0 Å². The number of rotatable bonds is 2. The minimum Gasteiger partial charge on any atom is -0.316 e. The third-order valence-corrected chi connectivity index (χ3v) is 6.68. The minimum absolute atomic E-state index is 0.545. The maximum atomic E-state index is 3.55. The monoisotopic (exact) mass is 331 g/mol. The third kappa shape index (κ3) is 2.33. The fraction of sp³-hybridized carbons (Fsp3) is 0.273. The minimum atomic E-state index is 0.545. The average molecular weight is 331 g/mol. The van der Waals surface area contributed by atoms with Crippen LogP contribution >= 0.6 is 11.3 Å². The molecule has 2 aromatic carbocycles. The number of allylic oxidation sites excluding steroid dienone is 1. The van der Waals surface area contributed by atoms with E-state index in [1.807, 2.05) is 11.3 Å². The van der Waals surface area contributed by atoms with Gasteiger partial charge in [0, 0.05) is 15.7 Å². The summed E-state index contributed by atoms with van der Waals surface area (Å²) >= 11 is 2.03. The van der Waals surface area contributed by atoms with Gasteiger partial charge >= 0.3 is 0 Å². The molecule has 1 aliphatic heterocycles. The van der Waals surface area contributed by atoms with Gasteiger partial charge in [0.25, 0.3) is 0 Å². The number of hydrogen-bond donors (Lipinski definition) is 1. The number of fused-ring (bicyclic) bond motifs is 4. The molecule has 0 saturated carbocycles. The fourth-order valence-corrected chi connectivity index (χ4v) is 5.61. The smallest absolute Gasteiger partial charge is 0.0311 e. The van der Waals surface area contributed by atoms with E-state index in [9.17, 15) is 0 Å². The van der Waals surface area contributed by atoms with Crippen LogP contribution in [0.5, 0.6) is 0 Å². The van der Waals surface area contributed by atoms with Gasteiger partial charge in [-0.1, -0.05) is 48.5 Å². The first kappa shape index (κ1) is 14.4. The Bertz CT molecular complexity index is 929. The Morgan fingerprint density at radius 2 is 1.88 bits per heavy atom. The summed E-state index contributed by atoms with van der Waals surface area (Å²) in [5, 5.41) is 6.31. The molecule has 1 nitrogen and oxygen atoms in total. The van der Waals surface area contributed by atoms with E-state index in [-0.39, 0.29) is 0 Å². The standard InChI is InChI=1S/C22H21NS/c1-2-7-18-15(4-1)5-3-6-16(18)14-17-8-9-21-22(17)19-10-12-23-13-11-20(19)24-21/h1-9,17,23H,10-14H2. The van der Waals surface area contributed by atoms with Crippen molar-refractivity contribution in [2.75, 3.05) is 13.1 Å². The van der Waals surface area contributed by atoms with Crippen molar-refractivity contribution in [1.82, 2.24) is 5.32 Å². The fourth-order valence-electron chi connectivity index (χ4n) is 4.27. The van der Waals surface area contributed by atoms with Crippen molar-refractivity contribution in [3.8, 4) is 0 Å². The lowest BCUT2D eigenvalue weighted by molar-refractivity contribution is 0.709. The molecule has 1 atom stereocenters. The van der Waals surface area contributed by atoms with Gasteiger partial charge in [-0.3, -0.25) is 0 Å². The zero-order valence-corrected chi connectivity index (χ0v) is 14.5. The van der Waals surface area contributed by atoms with Crippen molar-refractivity contribution in [2.24, 2.45) is 0 Å². The lowest BCUT2D eigenvalue weighted by atomic mass is 9.89. The Labute approximate surface area is 147 Å². The van der Waals surface area contributed by atoms with E-state index in [0.29, 0.717) is 5.92 Å². The van der Waals surface area contributed by atoms with Crippen LogP contribution in [-0.2, 0) is 19.3 Å².